The minimum Gasteiger partial charge on any atom is -0.485 e. The highest BCUT2D eigenvalue weighted by atomic mass is 16.6. The molecule has 4 rings (SSSR count). The standard InChI is InChI=1S/C20H24N2O4/c23-19(15-6-2-1-3-7-15)21-10-12-22(13-11-21)20(24)18-14-25-16-8-4-5-9-17(16)26-18/h1-2,4-5,8-9,15,18H,3,6-7,10-14H2. The molecular weight excluding hydrogens is 332 g/mol. The van der Waals surface area contributed by atoms with E-state index in [1.165, 1.54) is 0 Å². The van der Waals surface area contributed by atoms with E-state index in [1.807, 2.05) is 29.2 Å². The van der Waals surface area contributed by atoms with Crippen molar-refractivity contribution in [3.63, 3.8) is 0 Å². The first kappa shape index (κ1) is 16.9. The summed E-state index contributed by atoms with van der Waals surface area (Å²) in [6.07, 6.45) is 6.38. The zero-order valence-corrected chi connectivity index (χ0v) is 14.8. The van der Waals surface area contributed by atoms with E-state index in [-0.39, 0.29) is 24.3 Å². The van der Waals surface area contributed by atoms with E-state index in [2.05, 4.69) is 12.2 Å². The Hall–Kier alpha value is -2.50. The molecule has 0 aromatic heterocycles. The number of allylic oxidation sites excluding steroid dienone is 2. The summed E-state index contributed by atoms with van der Waals surface area (Å²) in [4.78, 5) is 29.1. The van der Waals surface area contributed by atoms with Gasteiger partial charge in [-0.05, 0) is 31.4 Å². The van der Waals surface area contributed by atoms with Gasteiger partial charge in [-0.2, -0.15) is 0 Å². The molecule has 1 saturated heterocycles. The smallest absolute Gasteiger partial charge is 0.267 e. The number of para-hydroxylation sites is 2. The molecule has 26 heavy (non-hydrogen) atoms. The van der Waals surface area contributed by atoms with Crippen LogP contribution in [0.25, 0.3) is 0 Å². The van der Waals surface area contributed by atoms with E-state index in [1.54, 1.807) is 4.90 Å². The van der Waals surface area contributed by atoms with Gasteiger partial charge >= 0.3 is 0 Å². The Bertz CT molecular complexity index is 710. The summed E-state index contributed by atoms with van der Waals surface area (Å²) in [7, 11) is 0. The largest absolute Gasteiger partial charge is 0.485 e. The quantitative estimate of drug-likeness (QED) is 0.759. The maximum Gasteiger partial charge on any atom is 0.267 e. The van der Waals surface area contributed by atoms with Crippen molar-refractivity contribution in [2.75, 3.05) is 32.8 Å². The lowest BCUT2D eigenvalue weighted by Crippen LogP contribution is -2.55. The molecule has 1 aromatic carbocycles. The van der Waals surface area contributed by atoms with Gasteiger partial charge in [0.15, 0.2) is 11.5 Å². The Balaban J connectivity index is 1.31. The number of ether oxygens (including phenoxy) is 2. The number of carbonyl (C=O) groups is 2. The summed E-state index contributed by atoms with van der Waals surface area (Å²) >= 11 is 0. The van der Waals surface area contributed by atoms with Gasteiger partial charge in [0, 0.05) is 32.1 Å². The number of carbonyl (C=O) groups excluding carboxylic acids is 2. The molecule has 0 spiro atoms. The molecule has 0 radical (unpaired) electrons. The number of hydrogen-bond acceptors (Lipinski definition) is 4. The molecule has 2 amide bonds. The summed E-state index contributed by atoms with van der Waals surface area (Å²) in [6, 6.07) is 7.38. The van der Waals surface area contributed by atoms with Crippen molar-refractivity contribution >= 4 is 11.8 Å². The second kappa shape index (κ2) is 7.40. The van der Waals surface area contributed by atoms with Gasteiger partial charge in [-0.25, -0.2) is 0 Å². The molecule has 0 N–H and O–H groups in total. The van der Waals surface area contributed by atoms with Crippen molar-refractivity contribution in [3.05, 3.63) is 36.4 Å². The van der Waals surface area contributed by atoms with Gasteiger partial charge in [-0.3, -0.25) is 9.59 Å². The number of benzene rings is 1. The minimum atomic E-state index is -0.615. The van der Waals surface area contributed by atoms with Gasteiger partial charge in [-0.1, -0.05) is 24.3 Å². The van der Waals surface area contributed by atoms with Gasteiger partial charge in [0.2, 0.25) is 12.0 Å². The van der Waals surface area contributed by atoms with Crippen LogP contribution in [0.1, 0.15) is 19.3 Å². The lowest BCUT2D eigenvalue weighted by molar-refractivity contribution is -0.147. The molecule has 0 saturated carbocycles. The Labute approximate surface area is 153 Å². The SMILES string of the molecule is O=C(C1CC=CCC1)N1CCN(C(=O)C2COc3ccccc3O2)CC1. The van der Waals surface area contributed by atoms with E-state index in [0.717, 1.165) is 19.3 Å². The summed E-state index contributed by atoms with van der Waals surface area (Å²) in [5, 5.41) is 0. The van der Waals surface area contributed by atoms with Crippen molar-refractivity contribution in [1.29, 1.82) is 0 Å². The van der Waals surface area contributed by atoms with Crippen LogP contribution in [-0.2, 0) is 9.59 Å². The molecule has 1 fully saturated rings. The molecule has 2 aliphatic heterocycles. The average Bonchev–Trinajstić information content (AvgIpc) is 2.73. The fraction of sp³-hybridized carbons (Fsp3) is 0.500. The fourth-order valence-corrected chi connectivity index (χ4v) is 3.77. The molecule has 2 atom stereocenters. The summed E-state index contributed by atoms with van der Waals surface area (Å²) in [5.41, 5.74) is 0. The van der Waals surface area contributed by atoms with E-state index < -0.39 is 6.10 Å². The first-order chi connectivity index (χ1) is 12.7. The second-order valence-electron chi connectivity index (χ2n) is 7.00. The summed E-state index contributed by atoms with van der Waals surface area (Å²) in [6.45, 7) is 2.51. The summed E-state index contributed by atoms with van der Waals surface area (Å²) < 4.78 is 11.5. The van der Waals surface area contributed by atoms with Crippen molar-refractivity contribution < 1.29 is 19.1 Å². The monoisotopic (exact) mass is 356 g/mol. The maximum absolute atomic E-state index is 12.7. The average molecular weight is 356 g/mol. The lowest BCUT2D eigenvalue weighted by Gasteiger charge is -2.38. The van der Waals surface area contributed by atoms with Crippen LogP contribution < -0.4 is 9.47 Å². The molecule has 3 aliphatic rings. The highest BCUT2D eigenvalue weighted by Crippen LogP contribution is 2.31. The van der Waals surface area contributed by atoms with Gasteiger partial charge in [0.25, 0.3) is 5.91 Å². The van der Waals surface area contributed by atoms with Gasteiger partial charge in [0.05, 0.1) is 0 Å². The van der Waals surface area contributed by atoms with Crippen LogP contribution in [0.15, 0.2) is 36.4 Å². The molecule has 6 heteroatoms. The Morgan fingerprint density at radius 2 is 1.62 bits per heavy atom. The zero-order valence-electron chi connectivity index (χ0n) is 14.8. The van der Waals surface area contributed by atoms with Crippen molar-refractivity contribution in [2.24, 2.45) is 5.92 Å². The third-order valence-electron chi connectivity index (χ3n) is 5.31. The van der Waals surface area contributed by atoms with Crippen LogP contribution in [0.2, 0.25) is 0 Å². The van der Waals surface area contributed by atoms with Crippen LogP contribution in [0.5, 0.6) is 11.5 Å². The van der Waals surface area contributed by atoms with Crippen LogP contribution in [0.4, 0.5) is 0 Å². The number of amides is 2. The van der Waals surface area contributed by atoms with E-state index >= 15 is 0 Å². The molecular formula is C20H24N2O4. The third kappa shape index (κ3) is 3.41. The fourth-order valence-electron chi connectivity index (χ4n) is 3.77. The Morgan fingerprint density at radius 1 is 0.923 bits per heavy atom. The van der Waals surface area contributed by atoms with E-state index in [9.17, 15) is 9.59 Å². The van der Waals surface area contributed by atoms with Crippen molar-refractivity contribution in [3.8, 4) is 11.5 Å². The highest BCUT2D eigenvalue weighted by Gasteiger charge is 2.34. The van der Waals surface area contributed by atoms with E-state index in [4.69, 9.17) is 9.47 Å². The number of hydrogen-bond donors (Lipinski definition) is 0. The number of piperazine rings is 1. The predicted octanol–water partition coefficient (Wildman–Crippen LogP) is 1.85. The predicted molar refractivity (Wildman–Crippen MR) is 96.0 cm³/mol. The Kier molecular flexibility index (Phi) is 4.82. The minimum absolute atomic E-state index is 0.0628. The van der Waals surface area contributed by atoms with Crippen molar-refractivity contribution in [2.45, 2.75) is 25.4 Å². The molecule has 1 aromatic rings. The lowest BCUT2D eigenvalue weighted by atomic mass is 9.93. The third-order valence-corrected chi connectivity index (χ3v) is 5.31. The van der Waals surface area contributed by atoms with Gasteiger partial charge < -0.3 is 19.3 Å². The number of nitrogens with zero attached hydrogens (tertiary/aromatic N) is 2. The van der Waals surface area contributed by atoms with Gasteiger partial charge in [0.1, 0.15) is 6.61 Å². The van der Waals surface area contributed by atoms with Crippen LogP contribution >= 0.6 is 0 Å². The maximum atomic E-state index is 12.7. The number of rotatable bonds is 2. The topological polar surface area (TPSA) is 59.1 Å². The normalized spacial score (nSPS) is 25.1. The van der Waals surface area contributed by atoms with E-state index in [0.29, 0.717) is 37.7 Å². The molecule has 2 heterocycles. The first-order valence-corrected chi connectivity index (χ1v) is 9.33. The highest BCUT2D eigenvalue weighted by molar-refractivity contribution is 5.83. The first-order valence-electron chi connectivity index (χ1n) is 9.33. The second-order valence-corrected chi connectivity index (χ2v) is 7.00. The summed E-state index contributed by atoms with van der Waals surface area (Å²) in [5.74, 6) is 1.55. The Morgan fingerprint density at radius 3 is 2.31 bits per heavy atom. The van der Waals surface area contributed by atoms with Crippen LogP contribution in [0, 0.1) is 5.92 Å². The number of fused-ring (bicyclic) bond motifs is 1. The van der Waals surface area contributed by atoms with Gasteiger partial charge in [-0.15, -0.1) is 0 Å². The van der Waals surface area contributed by atoms with Crippen LogP contribution in [-0.4, -0.2) is 60.5 Å². The molecule has 0 bridgehead atoms. The van der Waals surface area contributed by atoms with Crippen LogP contribution in [0.3, 0.4) is 0 Å². The molecule has 1 aliphatic carbocycles. The van der Waals surface area contributed by atoms with Crippen molar-refractivity contribution in [1.82, 2.24) is 9.80 Å². The molecule has 2 unspecified atom stereocenters. The molecule has 138 valence electrons. The zero-order chi connectivity index (χ0) is 17.9. The molecule has 6 nitrogen and oxygen atoms in total.